The van der Waals surface area contributed by atoms with E-state index in [2.05, 4.69) is 5.32 Å². The van der Waals surface area contributed by atoms with Crippen molar-refractivity contribution in [2.24, 2.45) is 0 Å². The van der Waals surface area contributed by atoms with Gasteiger partial charge in [-0.2, -0.15) is 13.2 Å². The van der Waals surface area contributed by atoms with E-state index in [1.54, 1.807) is 6.07 Å². The Morgan fingerprint density at radius 2 is 1.85 bits per heavy atom. The fraction of sp³-hybridized carbons (Fsp3) is 0.600. The van der Waals surface area contributed by atoms with E-state index in [-0.39, 0.29) is 0 Å². The molecule has 1 aromatic rings. The molecule has 1 aliphatic carbocycles. The van der Waals surface area contributed by atoms with Crippen molar-refractivity contribution < 1.29 is 13.2 Å². The number of alkyl halides is 3. The Balaban J connectivity index is 2.28. The molecule has 0 aromatic heterocycles. The summed E-state index contributed by atoms with van der Waals surface area (Å²) in [5.74, 6) is 0. The van der Waals surface area contributed by atoms with Crippen LogP contribution in [0.25, 0.3) is 0 Å². The summed E-state index contributed by atoms with van der Waals surface area (Å²) in [5, 5.41) is 3.37. The number of nitrogens with zero attached hydrogens (tertiary/aromatic N) is 1. The van der Waals surface area contributed by atoms with E-state index in [4.69, 9.17) is 0 Å². The van der Waals surface area contributed by atoms with E-state index >= 15 is 0 Å². The van der Waals surface area contributed by atoms with E-state index in [0.717, 1.165) is 5.56 Å². The van der Waals surface area contributed by atoms with Crippen molar-refractivity contribution >= 4 is 5.69 Å². The number of rotatable bonds is 6. The highest BCUT2D eigenvalue weighted by Gasteiger charge is 2.31. The van der Waals surface area contributed by atoms with Gasteiger partial charge in [-0.3, -0.25) is 0 Å². The zero-order chi connectivity index (χ0) is 14.8. The van der Waals surface area contributed by atoms with Gasteiger partial charge in [0.05, 0.1) is 5.56 Å². The van der Waals surface area contributed by atoms with E-state index < -0.39 is 11.7 Å². The minimum atomic E-state index is -4.29. The summed E-state index contributed by atoms with van der Waals surface area (Å²) in [4.78, 5) is 1.97. The van der Waals surface area contributed by atoms with E-state index in [0.29, 0.717) is 31.4 Å². The molecule has 1 aliphatic rings. The molecule has 0 bridgehead atoms. The van der Waals surface area contributed by atoms with Gasteiger partial charge in [-0.25, -0.2) is 0 Å². The lowest BCUT2D eigenvalue weighted by atomic mass is 10.1. The molecule has 5 heteroatoms. The Labute approximate surface area is 118 Å². The van der Waals surface area contributed by atoms with Crippen LogP contribution < -0.4 is 10.2 Å². The molecule has 1 fully saturated rings. The summed E-state index contributed by atoms with van der Waals surface area (Å²) >= 11 is 0. The largest absolute Gasteiger partial charge is 0.416 e. The van der Waals surface area contributed by atoms with Gasteiger partial charge in [0, 0.05) is 31.4 Å². The second-order valence-corrected chi connectivity index (χ2v) is 5.17. The number of anilines is 1. The number of hydrogen-bond donors (Lipinski definition) is 1. The lowest BCUT2D eigenvalue weighted by molar-refractivity contribution is -0.137. The van der Waals surface area contributed by atoms with Crippen molar-refractivity contribution in [3.05, 3.63) is 29.3 Å². The molecule has 1 saturated carbocycles. The van der Waals surface area contributed by atoms with Crippen LogP contribution in [0, 0.1) is 0 Å². The van der Waals surface area contributed by atoms with Gasteiger partial charge in [-0.05, 0) is 44.4 Å². The van der Waals surface area contributed by atoms with Crippen molar-refractivity contribution in [3.63, 3.8) is 0 Å². The zero-order valence-corrected chi connectivity index (χ0v) is 11.9. The van der Waals surface area contributed by atoms with Gasteiger partial charge in [0.25, 0.3) is 0 Å². The van der Waals surface area contributed by atoms with Crippen LogP contribution in [-0.2, 0) is 12.7 Å². The highest BCUT2D eigenvalue weighted by atomic mass is 19.4. The third-order valence-electron chi connectivity index (χ3n) is 3.68. The molecule has 0 aliphatic heterocycles. The summed E-state index contributed by atoms with van der Waals surface area (Å²) in [6, 6.07) is 4.60. The van der Waals surface area contributed by atoms with E-state index in [1.165, 1.54) is 25.0 Å². The van der Waals surface area contributed by atoms with E-state index in [1.807, 2.05) is 18.7 Å². The molecular formula is C15H21F3N2. The van der Waals surface area contributed by atoms with Crippen LogP contribution in [0.1, 0.15) is 37.8 Å². The summed E-state index contributed by atoms with van der Waals surface area (Å²) in [5.41, 5.74) is 1.06. The first-order valence-corrected chi connectivity index (χ1v) is 7.14. The molecule has 0 spiro atoms. The number of halogens is 3. The van der Waals surface area contributed by atoms with Crippen LogP contribution in [0.2, 0.25) is 0 Å². The maximum atomic E-state index is 12.9. The fourth-order valence-corrected chi connectivity index (χ4v) is 2.29. The summed E-state index contributed by atoms with van der Waals surface area (Å²) < 4.78 is 38.6. The maximum absolute atomic E-state index is 12.9. The molecule has 0 unspecified atom stereocenters. The molecule has 1 aromatic carbocycles. The summed E-state index contributed by atoms with van der Waals surface area (Å²) in [7, 11) is 0. The van der Waals surface area contributed by atoms with Crippen LogP contribution in [-0.4, -0.2) is 19.1 Å². The third-order valence-corrected chi connectivity index (χ3v) is 3.68. The smallest absolute Gasteiger partial charge is 0.372 e. The highest BCUT2D eigenvalue weighted by molar-refractivity contribution is 5.56. The van der Waals surface area contributed by atoms with Crippen molar-refractivity contribution in [1.29, 1.82) is 0 Å². The lowest BCUT2D eigenvalue weighted by Gasteiger charge is -2.25. The SMILES string of the molecule is CCN(CC)c1cc(C(F)(F)F)ccc1CNC1CC1. The fourth-order valence-electron chi connectivity index (χ4n) is 2.29. The molecule has 0 amide bonds. The summed E-state index contributed by atoms with van der Waals surface area (Å²) in [6.45, 7) is 5.96. The molecule has 2 nitrogen and oxygen atoms in total. The second-order valence-electron chi connectivity index (χ2n) is 5.17. The van der Waals surface area contributed by atoms with E-state index in [9.17, 15) is 13.2 Å². The Morgan fingerprint density at radius 1 is 1.20 bits per heavy atom. The molecule has 2 rings (SSSR count). The number of hydrogen-bond acceptors (Lipinski definition) is 2. The van der Waals surface area contributed by atoms with Gasteiger partial charge in [-0.15, -0.1) is 0 Å². The minimum absolute atomic E-state index is 0.543. The molecule has 0 heterocycles. The average Bonchev–Trinajstić information content (AvgIpc) is 3.21. The molecule has 20 heavy (non-hydrogen) atoms. The predicted molar refractivity (Wildman–Crippen MR) is 74.9 cm³/mol. The first kappa shape index (κ1) is 15.2. The van der Waals surface area contributed by atoms with Crippen molar-refractivity contribution in [2.75, 3.05) is 18.0 Å². The molecular weight excluding hydrogens is 265 g/mol. The monoisotopic (exact) mass is 286 g/mol. The van der Waals surface area contributed by atoms with Gasteiger partial charge >= 0.3 is 6.18 Å². The first-order valence-electron chi connectivity index (χ1n) is 7.14. The van der Waals surface area contributed by atoms with Gasteiger partial charge in [0.2, 0.25) is 0 Å². The maximum Gasteiger partial charge on any atom is 0.416 e. The topological polar surface area (TPSA) is 15.3 Å². The number of nitrogens with one attached hydrogen (secondary N) is 1. The Kier molecular flexibility index (Phi) is 4.58. The summed E-state index contributed by atoms with van der Waals surface area (Å²) in [6.07, 6.45) is -1.95. The first-order chi connectivity index (χ1) is 9.45. The zero-order valence-electron chi connectivity index (χ0n) is 11.9. The van der Waals surface area contributed by atoms with Crippen molar-refractivity contribution in [1.82, 2.24) is 5.32 Å². The van der Waals surface area contributed by atoms with Gasteiger partial charge in [-0.1, -0.05) is 6.07 Å². The van der Waals surface area contributed by atoms with Crippen molar-refractivity contribution in [2.45, 2.75) is 45.5 Å². The van der Waals surface area contributed by atoms with Gasteiger partial charge < -0.3 is 10.2 Å². The average molecular weight is 286 g/mol. The number of benzene rings is 1. The van der Waals surface area contributed by atoms with Crippen LogP contribution >= 0.6 is 0 Å². The minimum Gasteiger partial charge on any atom is -0.372 e. The molecule has 1 N–H and O–H groups in total. The Hall–Kier alpha value is -1.23. The molecule has 0 atom stereocenters. The third kappa shape index (κ3) is 3.66. The predicted octanol–water partition coefficient (Wildman–Crippen LogP) is 3.80. The quantitative estimate of drug-likeness (QED) is 0.855. The molecule has 0 radical (unpaired) electrons. The highest BCUT2D eigenvalue weighted by Crippen LogP contribution is 2.34. The lowest BCUT2D eigenvalue weighted by Crippen LogP contribution is -2.26. The standard InChI is InChI=1S/C15H21F3N2/c1-3-20(4-2)14-9-12(15(16,17)18)6-5-11(14)10-19-13-7-8-13/h5-6,9,13,19H,3-4,7-8,10H2,1-2H3. The molecule has 0 saturated heterocycles. The van der Waals surface area contributed by atoms with Crippen LogP contribution in [0.3, 0.4) is 0 Å². The second kappa shape index (κ2) is 6.04. The van der Waals surface area contributed by atoms with Crippen LogP contribution in [0.4, 0.5) is 18.9 Å². The van der Waals surface area contributed by atoms with Gasteiger partial charge in [0.15, 0.2) is 0 Å². The van der Waals surface area contributed by atoms with Crippen molar-refractivity contribution in [3.8, 4) is 0 Å². The van der Waals surface area contributed by atoms with Gasteiger partial charge in [0.1, 0.15) is 0 Å². The Morgan fingerprint density at radius 3 is 2.35 bits per heavy atom. The van der Waals surface area contributed by atoms with Crippen LogP contribution in [0.5, 0.6) is 0 Å². The Bertz CT molecular complexity index is 449. The van der Waals surface area contributed by atoms with Crippen LogP contribution in [0.15, 0.2) is 18.2 Å². The molecule has 112 valence electrons. The normalized spacial score (nSPS) is 15.4.